The van der Waals surface area contributed by atoms with Crippen LogP contribution in [0.2, 0.25) is 5.02 Å². The van der Waals surface area contributed by atoms with Crippen LogP contribution in [-0.2, 0) is 9.53 Å². The van der Waals surface area contributed by atoms with E-state index in [-0.39, 0.29) is 34.4 Å². The molecule has 0 fully saturated rings. The average molecular weight is 448 g/mol. The Labute approximate surface area is 182 Å². The van der Waals surface area contributed by atoms with Crippen LogP contribution in [0.15, 0.2) is 24.3 Å². The molecule has 2 aliphatic rings. The minimum atomic E-state index is -0.759. The van der Waals surface area contributed by atoms with Gasteiger partial charge in [0.05, 0.1) is 29.5 Å². The Balaban J connectivity index is 1.43. The summed E-state index contributed by atoms with van der Waals surface area (Å²) in [5.74, 6) is -0.131. The zero-order chi connectivity index (χ0) is 22.0. The molecule has 0 radical (unpaired) electrons. The molecule has 0 aromatic heterocycles. The quantitative estimate of drug-likeness (QED) is 0.549. The van der Waals surface area contributed by atoms with Gasteiger partial charge in [-0.3, -0.25) is 9.59 Å². The van der Waals surface area contributed by atoms with Gasteiger partial charge >= 0.3 is 5.97 Å². The summed E-state index contributed by atoms with van der Waals surface area (Å²) in [6.45, 7) is 1.70. The predicted octanol–water partition coefficient (Wildman–Crippen LogP) is 3.23. The highest BCUT2D eigenvalue weighted by Crippen LogP contribution is 2.39. The normalized spacial score (nSPS) is 13.9. The molecular formula is C21H18ClNO8. The molecule has 2 aromatic carbocycles. The lowest BCUT2D eigenvalue weighted by Crippen LogP contribution is -2.22. The minimum Gasteiger partial charge on any atom is -0.489 e. The fourth-order valence-electron chi connectivity index (χ4n) is 3.09. The molecule has 2 heterocycles. The van der Waals surface area contributed by atoms with E-state index in [1.165, 1.54) is 31.2 Å². The first kappa shape index (κ1) is 20.8. The minimum absolute atomic E-state index is 0.0276. The van der Waals surface area contributed by atoms with Gasteiger partial charge in [-0.2, -0.15) is 0 Å². The SMILES string of the molecule is CC(=O)c1cc2c(cc1NC(=O)COC(=O)c1cc(Cl)c3c(c1)OCCCO3)OCO2. The number of ether oxygens (including phenoxy) is 5. The number of hydrogen-bond acceptors (Lipinski definition) is 8. The Morgan fingerprint density at radius 3 is 2.52 bits per heavy atom. The van der Waals surface area contributed by atoms with Crippen LogP contribution in [0.1, 0.15) is 34.1 Å². The summed E-state index contributed by atoms with van der Waals surface area (Å²) >= 11 is 6.18. The number of Topliss-reactive ketones (excluding diaryl/α,β-unsaturated/α-hetero) is 1. The summed E-state index contributed by atoms with van der Waals surface area (Å²) < 4.78 is 26.7. The van der Waals surface area contributed by atoms with Crippen LogP contribution < -0.4 is 24.3 Å². The van der Waals surface area contributed by atoms with E-state index < -0.39 is 18.5 Å². The maximum atomic E-state index is 12.4. The van der Waals surface area contributed by atoms with E-state index in [1.807, 2.05) is 0 Å². The third-order valence-corrected chi connectivity index (χ3v) is 4.82. The molecule has 0 saturated heterocycles. The molecule has 1 amide bonds. The first-order chi connectivity index (χ1) is 14.9. The van der Waals surface area contributed by atoms with Gasteiger partial charge in [0.25, 0.3) is 5.91 Å². The molecule has 0 unspecified atom stereocenters. The van der Waals surface area contributed by atoms with Crippen LogP contribution in [-0.4, -0.2) is 44.3 Å². The summed E-state index contributed by atoms with van der Waals surface area (Å²) in [5, 5.41) is 2.77. The van der Waals surface area contributed by atoms with Crippen molar-refractivity contribution in [3.8, 4) is 23.0 Å². The second kappa shape index (κ2) is 8.73. The lowest BCUT2D eigenvalue weighted by Gasteiger charge is -2.12. The van der Waals surface area contributed by atoms with Gasteiger partial charge in [-0.1, -0.05) is 11.6 Å². The number of esters is 1. The van der Waals surface area contributed by atoms with E-state index in [2.05, 4.69) is 5.32 Å². The number of carbonyl (C=O) groups excluding carboxylic acids is 3. The number of nitrogens with one attached hydrogen (secondary N) is 1. The van der Waals surface area contributed by atoms with E-state index in [0.29, 0.717) is 42.6 Å². The zero-order valence-electron chi connectivity index (χ0n) is 16.5. The lowest BCUT2D eigenvalue weighted by molar-refractivity contribution is -0.119. The molecule has 162 valence electrons. The molecule has 10 heteroatoms. The smallest absolute Gasteiger partial charge is 0.338 e. The molecular weight excluding hydrogens is 430 g/mol. The molecule has 0 aliphatic carbocycles. The summed E-state index contributed by atoms with van der Waals surface area (Å²) in [5.41, 5.74) is 0.601. The summed E-state index contributed by atoms with van der Waals surface area (Å²) in [7, 11) is 0. The number of anilines is 1. The molecule has 0 saturated carbocycles. The monoisotopic (exact) mass is 447 g/mol. The van der Waals surface area contributed by atoms with Crippen molar-refractivity contribution in [1.29, 1.82) is 0 Å². The van der Waals surface area contributed by atoms with E-state index in [1.54, 1.807) is 0 Å². The predicted molar refractivity (Wildman–Crippen MR) is 109 cm³/mol. The molecule has 0 atom stereocenters. The number of hydrogen-bond donors (Lipinski definition) is 1. The molecule has 2 aliphatic heterocycles. The van der Waals surface area contributed by atoms with Crippen molar-refractivity contribution >= 4 is 34.9 Å². The third kappa shape index (κ3) is 4.51. The van der Waals surface area contributed by atoms with Crippen LogP contribution >= 0.6 is 11.6 Å². The van der Waals surface area contributed by atoms with Gasteiger partial charge in [0, 0.05) is 18.1 Å². The van der Waals surface area contributed by atoms with Crippen LogP contribution in [0.25, 0.3) is 0 Å². The number of amides is 1. The highest BCUT2D eigenvalue weighted by atomic mass is 35.5. The van der Waals surface area contributed by atoms with Crippen molar-refractivity contribution in [1.82, 2.24) is 0 Å². The van der Waals surface area contributed by atoms with Crippen LogP contribution in [0, 0.1) is 0 Å². The van der Waals surface area contributed by atoms with Gasteiger partial charge in [-0.05, 0) is 25.1 Å². The van der Waals surface area contributed by atoms with Crippen molar-refractivity contribution in [2.45, 2.75) is 13.3 Å². The number of benzene rings is 2. The van der Waals surface area contributed by atoms with Crippen molar-refractivity contribution in [3.63, 3.8) is 0 Å². The molecule has 2 aromatic rings. The van der Waals surface area contributed by atoms with Crippen molar-refractivity contribution in [3.05, 3.63) is 40.4 Å². The van der Waals surface area contributed by atoms with Gasteiger partial charge in [0.1, 0.15) is 0 Å². The van der Waals surface area contributed by atoms with E-state index in [9.17, 15) is 14.4 Å². The fraction of sp³-hybridized carbons (Fsp3) is 0.286. The average Bonchev–Trinajstić information content (AvgIpc) is 3.05. The van der Waals surface area contributed by atoms with E-state index in [4.69, 9.17) is 35.3 Å². The molecule has 9 nitrogen and oxygen atoms in total. The van der Waals surface area contributed by atoms with E-state index >= 15 is 0 Å². The maximum Gasteiger partial charge on any atom is 0.338 e. The van der Waals surface area contributed by atoms with Crippen molar-refractivity contribution in [2.75, 3.05) is 31.9 Å². The Hall–Kier alpha value is -3.46. The zero-order valence-corrected chi connectivity index (χ0v) is 17.2. The highest BCUT2D eigenvalue weighted by Gasteiger charge is 2.22. The molecule has 0 spiro atoms. The summed E-state index contributed by atoms with van der Waals surface area (Å²) in [6, 6.07) is 5.83. The van der Waals surface area contributed by atoms with Gasteiger partial charge in [-0.15, -0.1) is 0 Å². The number of rotatable bonds is 5. The number of halogens is 1. The van der Waals surface area contributed by atoms with E-state index in [0.717, 1.165) is 0 Å². The topological polar surface area (TPSA) is 109 Å². The van der Waals surface area contributed by atoms with Gasteiger partial charge in [0.2, 0.25) is 6.79 Å². The Morgan fingerprint density at radius 2 is 1.74 bits per heavy atom. The molecule has 0 bridgehead atoms. The standard InChI is InChI=1S/C21H18ClNO8/c1-11(24)13-7-16-17(31-10-30-16)8-15(13)23-19(25)9-29-21(26)12-5-14(22)20-18(6-12)27-3-2-4-28-20/h5-8H,2-4,9-10H2,1H3,(H,23,25). The molecule has 4 rings (SSSR count). The fourth-order valence-corrected chi connectivity index (χ4v) is 3.35. The van der Waals surface area contributed by atoms with Crippen molar-refractivity contribution in [2.24, 2.45) is 0 Å². The first-order valence-corrected chi connectivity index (χ1v) is 9.81. The third-order valence-electron chi connectivity index (χ3n) is 4.54. The van der Waals surface area contributed by atoms with Crippen LogP contribution in [0.4, 0.5) is 5.69 Å². The van der Waals surface area contributed by atoms with Gasteiger partial charge in [-0.25, -0.2) is 4.79 Å². The second-order valence-corrected chi connectivity index (χ2v) is 7.17. The second-order valence-electron chi connectivity index (χ2n) is 6.77. The summed E-state index contributed by atoms with van der Waals surface area (Å²) in [6.07, 6.45) is 0.688. The maximum absolute atomic E-state index is 12.4. The highest BCUT2D eigenvalue weighted by molar-refractivity contribution is 6.32. The Bertz CT molecular complexity index is 1070. The van der Waals surface area contributed by atoms with Gasteiger partial charge < -0.3 is 29.0 Å². The first-order valence-electron chi connectivity index (χ1n) is 9.43. The molecule has 1 N–H and O–H groups in total. The summed E-state index contributed by atoms with van der Waals surface area (Å²) in [4.78, 5) is 36.6. The lowest BCUT2D eigenvalue weighted by atomic mass is 10.1. The number of fused-ring (bicyclic) bond motifs is 2. The Morgan fingerprint density at radius 1 is 1.00 bits per heavy atom. The van der Waals surface area contributed by atoms with Crippen molar-refractivity contribution < 1.29 is 38.1 Å². The van der Waals surface area contributed by atoms with Gasteiger partial charge in [0.15, 0.2) is 35.4 Å². The number of ketones is 1. The largest absolute Gasteiger partial charge is 0.489 e. The van der Waals surface area contributed by atoms with Crippen LogP contribution in [0.5, 0.6) is 23.0 Å². The molecule has 31 heavy (non-hydrogen) atoms. The Kier molecular flexibility index (Phi) is 5.85. The number of carbonyl (C=O) groups is 3. The van der Waals surface area contributed by atoms with Crippen LogP contribution in [0.3, 0.4) is 0 Å².